The molecule has 0 atom stereocenters. The summed E-state index contributed by atoms with van der Waals surface area (Å²) in [6.07, 6.45) is 7.62. The van der Waals surface area contributed by atoms with E-state index in [-0.39, 0.29) is 0 Å². The fraction of sp³-hybridized carbons (Fsp3) is 0.231. The predicted molar refractivity (Wildman–Crippen MR) is 59.5 cm³/mol. The Morgan fingerprint density at radius 2 is 1.92 bits per heavy atom. The molecule has 0 heterocycles. The number of allylic oxidation sites excluding steroid dienone is 3. The quantitative estimate of drug-likeness (QED) is 0.603. The summed E-state index contributed by atoms with van der Waals surface area (Å²) in [7, 11) is 0. The topological polar surface area (TPSA) is 0 Å². The molecule has 0 heteroatoms. The van der Waals surface area contributed by atoms with E-state index in [1.54, 1.807) is 0 Å². The third kappa shape index (κ3) is 3.75. The molecular weight excluding hydrogens is 156 g/mol. The maximum atomic E-state index is 2.22. The zero-order valence-electron chi connectivity index (χ0n) is 8.33. The lowest BCUT2D eigenvalue weighted by molar-refractivity contribution is 1.20. The lowest BCUT2D eigenvalue weighted by atomic mass is 10.1. The van der Waals surface area contributed by atoms with Crippen molar-refractivity contribution in [3.05, 3.63) is 53.6 Å². The van der Waals surface area contributed by atoms with Crippen LogP contribution in [0.25, 0.3) is 6.08 Å². The molecule has 0 saturated carbocycles. The lowest BCUT2D eigenvalue weighted by Crippen LogP contribution is -1.70. The molecule has 0 fully saturated rings. The first-order valence-corrected chi connectivity index (χ1v) is 4.73. The molecule has 0 aromatic heterocycles. The van der Waals surface area contributed by atoms with Gasteiger partial charge < -0.3 is 0 Å². The highest BCUT2D eigenvalue weighted by molar-refractivity contribution is 5.52. The van der Waals surface area contributed by atoms with Gasteiger partial charge in [-0.25, -0.2) is 0 Å². The molecule has 0 nitrogen and oxygen atoms in total. The second-order valence-corrected chi connectivity index (χ2v) is 3.10. The fourth-order valence-corrected chi connectivity index (χ4v) is 1.18. The van der Waals surface area contributed by atoms with Crippen molar-refractivity contribution in [2.45, 2.75) is 20.3 Å². The standard InChI is InChI=1S/C13H16/c1-3-7-12(2)10-11-13-8-5-4-6-9-13/h4-11H,3H2,1-2H3/b11-10+,12-7-. The molecule has 0 radical (unpaired) electrons. The van der Waals surface area contributed by atoms with Gasteiger partial charge in [-0.15, -0.1) is 0 Å². The van der Waals surface area contributed by atoms with Crippen molar-refractivity contribution in [1.29, 1.82) is 0 Å². The third-order valence-electron chi connectivity index (χ3n) is 1.86. The zero-order chi connectivity index (χ0) is 9.52. The largest absolute Gasteiger partial charge is 0.0819 e. The Bertz CT molecular complexity index is 291. The van der Waals surface area contributed by atoms with E-state index in [9.17, 15) is 0 Å². The Morgan fingerprint density at radius 1 is 1.23 bits per heavy atom. The molecule has 0 aliphatic heterocycles. The molecule has 1 rings (SSSR count). The van der Waals surface area contributed by atoms with Crippen molar-refractivity contribution in [2.75, 3.05) is 0 Å². The summed E-state index contributed by atoms with van der Waals surface area (Å²) in [5, 5.41) is 0. The Morgan fingerprint density at radius 3 is 2.54 bits per heavy atom. The van der Waals surface area contributed by atoms with Crippen LogP contribution in [0.15, 0.2) is 48.1 Å². The van der Waals surface area contributed by atoms with E-state index in [0.29, 0.717) is 0 Å². The molecule has 0 unspecified atom stereocenters. The van der Waals surface area contributed by atoms with Gasteiger partial charge in [0.1, 0.15) is 0 Å². The smallest absolute Gasteiger partial charge is 0.0257 e. The van der Waals surface area contributed by atoms with E-state index < -0.39 is 0 Å². The maximum absolute atomic E-state index is 2.22. The van der Waals surface area contributed by atoms with E-state index in [0.717, 1.165) is 6.42 Å². The first kappa shape index (κ1) is 9.79. The molecule has 1 aromatic rings. The predicted octanol–water partition coefficient (Wildman–Crippen LogP) is 4.06. The van der Waals surface area contributed by atoms with Gasteiger partial charge in [0, 0.05) is 0 Å². The van der Waals surface area contributed by atoms with Crippen LogP contribution in [-0.4, -0.2) is 0 Å². The third-order valence-corrected chi connectivity index (χ3v) is 1.86. The van der Waals surface area contributed by atoms with Gasteiger partial charge >= 0.3 is 0 Å². The number of rotatable bonds is 3. The van der Waals surface area contributed by atoms with Gasteiger partial charge in [0.25, 0.3) is 0 Å². The molecule has 13 heavy (non-hydrogen) atoms. The Kier molecular flexibility index (Phi) is 4.04. The molecule has 0 aliphatic carbocycles. The molecular formula is C13H16. The second-order valence-electron chi connectivity index (χ2n) is 3.10. The van der Waals surface area contributed by atoms with Crippen LogP contribution in [0.1, 0.15) is 25.8 Å². The summed E-state index contributed by atoms with van der Waals surface area (Å²) >= 11 is 0. The van der Waals surface area contributed by atoms with E-state index in [4.69, 9.17) is 0 Å². The van der Waals surface area contributed by atoms with Crippen molar-refractivity contribution < 1.29 is 0 Å². The van der Waals surface area contributed by atoms with Gasteiger partial charge in [0.05, 0.1) is 0 Å². The van der Waals surface area contributed by atoms with Crippen molar-refractivity contribution in [1.82, 2.24) is 0 Å². The molecule has 68 valence electrons. The summed E-state index contributed by atoms with van der Waals surface area (Å²) in [6.45, 7) is 4.28. The summed E-state index contributed by atoms with van der Waals surface area (Å²) in [4.78, 5) is 0. The zero-order valence-corrected chi connectivity index (χ0v) is 8.33. The van der Waals surface area contributed by atoms with Gasteiger partial charge in [-0.3, -0.25) is 0 Å². The van der Waals surface area contributed by atoms with Gasteiger partial charge in [-0.1, -0.05) is 61.1 Å². The average Bonchev–Trinajstić information content (AvgIpc) is 2.17. The number of hydrogen-bond donors (Lipinski definition) is 0. The summed E-state index contributed by atoms with van der Waals surface area (Å²) in [5.74, 6) is 0. The van der Waals surface area contributed by atoms with Crippen molar-refractivity contribution in [3.8, 4) is 0 Å². The highest BCUT2D eigenvalue weighted by Gasteiger charge is 1.83. The minimum Gasteiger partial charge on any atom is -0.0819 e. The highest BCUT2D eigenvalue weighted by Crippen LogP contribution is 2.04. The highest BCUT2D eigenvalue weighted by atomic mass is 13.9. The minimum atomic E-state index is 1.10. The van der Waals surface area contributed by atoms with Crippen LogP contribution in [0.4, 0.5) is 0 Å². The van der Waals surface area contributed by atoms with Crippen LogP contribution in [-0.2, 0) is 0 Å². The van der Waals surface area contributed by atoms with E-state index in [1.165, 1.54) is 11.1 Å². The first-order valence-electron chi connectivity index (χ1n) is 4.73. The van der Waals surface area contributed by atoms with Crippen LogP contribution < -0.4 is 0 Å². The van der Waals surface area contributed by atoms with Gasteiger partial charge in [0.15, 0.2) is 0 Å². The van der Waals surface area contributed by atoms with Crippen molar-refractivity contribution >= 4 is 6.08 Å². The van der Waals surface area contributed by atoms with Gasteiger partial charge in [-0.2, -0.15) is 0 Å². The second kappa shape index (κ2) is 5.36. The van der Waals surface area contributed by atoms with E-state index >= 15 is 0 Å². The summed E-state index contributed by atoms with van der Waals surface area (Å²) in [5.41, 5.74) is 2.58. The van der Waals surface area contributed by atoms with Crippen LogP contribution >= 0.6 is 0 Å². The Labute approximate surface area is 80.6 Å². The average molecular weight is 172 g/mol. The number of benzene rings is 1. The molecule has 0 amide bonds. The monoisotopic (exact) mass is 172 g/mol. The van der Waals surface area contributed by atoms with Crippen molar-refractivity contribution in [3.63, 3.8) is 0 Å². The van der Waals surface area contributed by atoms with Crippen molar-refractivity contribution in [2.24, 2.45) is 0 Å². The van der Waals surface area contributed by atoms with E-state index in [1.807, 2.05) is 6.07 Å². The molecule has 1 aromatic carbocycles. The Hall–Kier alpha value is -1.30. The SMILES string of the molecule is CC/C=C(C)\C=C\c1ccccc1. The van der Waals surface area contributed by atoms with Crippen LogP contribution in [0.3, 0.4) is 0 Å². The summed E-state index contributed by atoms with van der Waals surface area (Å²) < 4.78 is 0. The normalized spacial score (nSPS) is 12.3. The molecule has 0 N–H and O–H groups in total. The van der Waals surface area contributed by atoms with Crippen LogP contribution in [0, 0.1) is 0 Å². The molecule has 0 bridgehead atoms. The number of hydrogen-bond acceptors (Lipinski definition) is 0. The fourth-order valence-electron chi connectivity index (χ4n) is 1.18. The molecule has 0 saturated heterocycles. The molecule has 0 spiro atoms. The van der Waals surface area contributed by atoms with Crippen LogP contribution in [0.5, 0.6) is 0 Å². The maximum Gasteiger partial charge on any atom is -0.0257 e. The van der Waals surface area contributed by atoms with E-state index in [2.05, 4.69) is 56.3 Å². The van der Waals surface area contributed by atoms with Gasteiger partial charge in [0.2, 0.25) is 0 Å². The molecule has 0 aliphatic rings. The first-order chi connectivity index (χ1) is 6.33. The Balaban J connectivity index is 2.64. The minimum absolute atomic E-state index is 1.10. The summed E-state index contributed by atoms with van der Waals surface area (Å²) in [6, 6.07) is 10.4. The lowest BCUT2D eigenvalue weighted by Gasteiger charge is -1.92. The van der Waals surface area contributed by atoms with Crippen LogP contribution in [0.2, 0.25) is 0 Å². The van der Waals surface area contributed by atoms with Gasteiger partial charge in [-0.05, 0) is 18.9 Å².